The molecule has 0 saturated carbocycles. The van der Waals surface area contributed by atoms with Crippen molar-refractivity contribution in [2.24, 2.45) is 0 Å². The Kier molecular flexibility index (Phi) is 533. The zero-order valence-electron chi connectivity index (χ0n) is 2.93. The van der Waals surface area contributed by atoms with Gasteiger partial charge in [-0.3, -0.25) is 0 Å². The molecule has 0 amide bonds. The Labute approximate surface area is 110 Å². The molecule has 0 rings (SSSR count). The van der Waals surface area contributed by atoms with Gasteiger partial charge >= 0.3 is 94.4 Å². The molecule has 0 spiro atoms. The molecule has 0 saturated heterocycles. The predicted molar refractivity (Wildman–Crippen MR) is 11.5 cm³/mol. The molecule has 0 aromatic rings. The Morgan fingerprint density at radius 1 is 0.500 bits per heavy atom. The van der Waals surface area contributed by atoms with Gasteiger partial charge in [-0.05, 0) is 0 Å². The smallest absolute Gasteiger partial charge is 1.00 e. The minimum Gasteiger partial charge on any atom is -1.00 e. The zero-order valence-corrected chi connectivity index (χ0v) is 10.8. The van der Waals surface area contributed by atoms with E-state index in [0.29, 0.717) is 0 Å². The summed E-state index contributed by atoms with van der Waals surface area (Å²) < 4.78 is 0. The molecular weight excluding hydrogens is 301 g/mol. The quantitative estimate of drug-likeness (QED) is 0.308. The Balaban J connectivity index is 0. The minimum absolute atomic E-state index is 0. The fourth-order valence-electron chi connectivity index (χ4n) is 0. The second-order valence-corrected chi connectivity index (χ2v) is 0. The second kappa shape index (κ2) is 46.4. The topological polar surface area (TPSA) is 0 Å². The van der Waals surface area contributed by atoms with Crippen LogP contribution in [0.15, 0.2) is 0 Å². The first-order valence-corrected chi connectivity index (χ1v) is 0. The van der Waals surface area contributed by atoms with E-state index >= 15 is 0 Å². The number of hydrogen-bond acceptors (Lipinski definition) is 0. The number of halogens is 4. The SMILES string of the molecule is [Ba+2].[F-].[F-].[F-].[F-].[Sr+2]. The standard InChI is InChI=1S/Ba.4FH.Sr/h;4*1H;/q+2;;;;;+2/p-4. The molecule has 0 aliphatic carbocycles. The van der Waals surface area contributed by atoms with E-state index in [4.69, 9.17) is 0 Å². The number of hydrogen-bond donors (Lipinski definition) is 0. The molecule has 6 heavy (non-hydrogen) atoms. The van der Waals surface area contributed by atoms with Crippen LogP contribution in [0.25, 0.3) is 0 Å². The molecular formula is BaF4Sr. The van der Waals surface area contributed by atoms with Crippen molar-refractivity contribution in [3.63, 3.8) is 0 Å². The first-order valence-electron chi connectivity index (χ1n) is 0. The molecule has 0 N–H and O–H groups in total. The third kappa shape index (κ3) is 29.4. The largest absolute Gasteiger partial charge is 2.00 e. The summed E-state index contributed by atoms with van der Waals surface area (Å²) in [4.78, 5) is 0. The fraction of sp³-hybridized carbons (Fsp3) is 0. The van der Waals surface area contributed by atoms with Crippen molar-refractivity contribution in [2.45, 2.75) is 0 Å². The molecule has 6 heteroatoms. The summed E-state index contributed by atoms with van der Waals surface area (Å²) in [6.45, 7) is 0. The van der Waals surface area contributed by atoms with Crippen molar-refractivity contribution in [2.75, 3.05) is 0 Å². The molecule has 0 nitrogen and oxygen atoms in total. The van der Waals surface area contributed by atoms with Crippen LogP contribution in [0.3, 0.4) is 0 Å². The summed E-state index contributed by atoms with van der Waals surface area (Å²) >= 11 is 0. The van der Waals surface area contributed by atoms with Crippen LogP contribution in [0, 0.1) is 0 Å². The van der Waals surface area contributed by atoms with Crippen LogP contribution in [-0.4, -0.2) is 94.4 Å². The van der Waals surface area contributed by atoms with Gasteiger partial charge in [-0.25, -0.2) is 0 Å². The van der Waals surface area contributed by atoms with Gasteiger partial charge in [-0.15, -0.1) is 0 Å². The van der Waals surface area contributed by atoms with Gasteiger partial charge in [0.05, 0.1) is 0 Å². The van der Waals surface area contributed by atoms with Crippen LogP contribution in [0.1, 0.15) is 0 Å². The normalized spacial score (nSPS) is 0. The molecule has 0 unspecified atom stereocenters. The Bertz CT molecular complexity index is 7.51. The van der Waals surface area contributed by atoms with Gasteiger partial charge in [0.25, 0.3) is 0 Å². The van der Waals surface area contributed by atoms with Gasteiger partial charge in [0.15, 0.2) is 0 Å². The van der Waals surface area contributed by atoms with Crippen LogP contribution < -0.4 is 18.8 Å². The van der Waals surface area contributed by atoms with Gasteiger partial charge in [0.2, 0.25) is 0 Å². The van der Waals surface area contributed by atoms with E-state index in [9.17, 15) is 0 Å². The fourth-order valence-corrected chi connectivity index (χ4v) is 0. The van der Waals surface area contributed by atoms with Gasteiger partial charge in [0, 0.05) is 0 Å². The summed E-state index contributed by atoms with van der Waals surface area (Å²) in [5.74, 6) is 0. The van der Waals surface area contributed by atoms with Crippen LogP contribution in [-0.2, 0) is 0 Å². The summed E-state index contributed by atoms with van der Waals surface area (Å²) in [6, 6.07) is 0. The summed E-state index contributed by atoms with van der Waals surface area (Å²) in [5, 5.41) is 0. The first kappa shape index (κ1) is 69.0. The molecule has 0 aliphatic heterocycles. The van der Waals surface area contributed by atoms with Crippen LogP contribution in [0.2, 0.25) is 0 Å². The predicted octanol–water partition coefficient (Wildman–Crippen LogP) is -12.7. The van der Waals surface area contributed by atoms with Crippen molar-refractivity contribution in [3.05, 3.63) is 0 Å². The number of rotatable bonds is 0. The molecule has 0 aromatic carbocycles. The van der Waals surface area contributed by atoms with Gasteiger partial charge in [-0.1, -0.05) is 0 Å². The van der Waals surface area contributed by atoms with Gasteiger partial charge in [-0.2, -0.15) is 0 Å². The van der Waals surface area contributed by atoms with Gasteiger partial charge in [0.1, 0.15) is 0 Å². The maximum Gasteiger partial charge on any atom is 2.00 e. The summed E-state index contributed by atoms with van der Waals surface area (Å²) in [7, 11) is 0. The maximum absolute atomic E-state index is 0. The first-order chi connectivity index (χ1) is 0. The van der Waals surface area contributed by atoms with Crippen LogP contribution in [0.5, 0.6) is 0 Å². The molecule has 0 aromatic heterocycles. The average Bonchev–Trinajstić information content (AvgIpc) is 0. The molecule has 0 heterocycles. The third-order valence-electron chi connectivity index (χ3n) is 0. The van der Waals surface area contributed by atoms with Gasteiger partial charge < -0.3 is 18.8 Å². The Morgan fingerprint density at radius 2 is 0.500 bits per heavy atom. The molecule has 0 bridgehead atoms. The minimum atomic E-state index is 0. The Morgan fingerprint density at radius 3 is 0.500 bits per heavy atom. The summed E-state index contributed by atoms with van der Waals surface area (Å²) in [5.41, 5.74) is 0. The Hall–Kier alpha value is 2.77. The second-order valence-electron chi connectivity index (χ2n) is 0. The van der Waals surface area contributed by atoms with E-state index in [1.165, 1.54) is 0 Å². The van der Waals surface area contributed by atoms with Crippen molar-refractivity contribution >= 4 is 94.4 Å². The molecule has 0 aliphatic rings. The molecule has 32 valence electrons. The third-order valence-corrected chi connectivity index (χ3v) is 0. The molecule has 0 atom stereocenters. The van der Waals surface area contributed by atoms with Crippen molar-refractivity contribution < 1.29 is 18.8 Å². The van der Waals surface area contributed by atoms with E-state index in [1.807, 2.05) is 0 Å². The average molecular weight is 301 g/mol. The van der Waals surface area contributed by atoms with E-state index in [2.05, 4.69) is 0 Å². The summed E-state index contributed by atoms with van der Waals surface area (Å²) in [6.07, 6.45) is 0. The van der Waals surface area contributed by atoms with Crippen molar-refractivity contribution in [3.8, 4) is 0 Å². The van der Waals surface area contributed by atoms with E-state index in [-0.39, 0.29) is 113 Å². The zero-order chi connectivity index (χ0) is 0. The van der Waals surface area contributed by atoms with Crippen molar-refractivity contribution in [1.82, 2.24) is 0 Å². The van der Waals surface area contributed by atoms with Crippen LogP contribution >= 0.6 is 0 Å². The van der Waals surface area contributed by atoms with Crippen molar-refractivity contribution in [1.29, 1.82) is 0 Å². The maximum atomic E-state index is 0. The van der Waals surface area contributed by atoms with E-state index in [0.717, 1.165) is 0 Å². The van der Waals surface area contributed by atoms with E-state index in [1.54, 1.807) is 0 Å². The monoisotopic (exact) mass is 302 g/mol. The molecule has 0 radical (unpaired) electrons. The van der Waals surface area contributed by atoms with Crippen LogP contribution in [0.4, 0.5) is 0 Å². The van der Waals surface area contributed by atoms with E-state index < -0.39 is 0 Å². The molecule has 0 fully saturated rings.